The number of aromatic hydroxyl groups is 1. The third-order valence-electron chi connectivity index (χ3n) is 5.43. The zero-order chi connectivity index (χ0) is 15.8. The molecule has 2 aromatic rings. The summed E-state index contributed by atoms with van der Waals surface area (Å²) >= 11 is 0. The van der Waals surface area contributed by atoms with Gasteiger partial charge in [0, 0.05) is 32.2 Å². The molecule has 0 aromatic heterocycles. The Morgan fingerprint density at radius 1 is 0.960 bits per heavy atom. The maximum absolute atomic E-state index is 9.65. The van der Waals surface area contributed by atoms with Crippen molar-refractivity contribution in [3.8, 4) is 5.75 Å². The Bertz CT molecular complexity index is 682. The highest BCUT2D eigenvalue weighted by Gasteiger charge is 2.45. The van der Waals surface area contributed by atoms with Crippen LogP contribution in [0.2, 0.25) is 0 Å². The van der Waals surface area contributed by atoms with Gasteiger partial charge in [0.25, 0.3) is 0 Å². The van der Waals surface area contributed by atoms with Crippen LogP contribution in [0.5, 0.6) is 5.75 Å². The van der Waals surface area contributed by atoms with Crippen LogP contribution in [-0.4, -0.2) is 41.6 Å². The first-order valence-electron chi connectivity index (χ1n) is 8.46. The number of halogens is 2. The van der Waals surface area contributed by atoms with Crippen molar-refractivity contribution in [3.63, 3.8) is 0 Å². The molecule has 2 saturated heterocycles. The lowest BCUT2D eigenvalue weighted by Crippen LogP contribution is -2.28. The van der Waals surface area contributed by atoms with E-state index in [4.69, 9.17) is 0 Å². The van der Waals surface area contributed by atoms with E-state index in [0.29, 0.717) is 17.7 Å². The van der Waals surface area contributed by atoms with Gasteiger partial charge in [0.2, 0.25) is 0 Å². The summed E-state index contributed by atoms with van der Waals surface area (Å²) in [7, 11) is 2.26. The van der Waals surface area contributed by atoms with E-state index in [1.807, 2.05) is 12.1 Å². The summed E-state index contributed by atoms with van der Waals surface area (Å²) in [5.74, 6) is 1.83. The third kappa shape index (κ3) is 4.12. The van der Waals surface area contributed by atoms with Gasteiger partial charge in [0.1, 0.15) is 5.75 Å². The number of phenolic OH excluding ortho intramolecular Hbond substituents is 1. The molecular weight excluding hydrogens is 355 g/mol. The van der Waals surface area contributed by atoms with Gasteiger partial charge >= 0.3 is 0 Å². The molecule has 0 bridgehead atoms. The van der Waals surface area contributed by atoms with Crippen LogP contribution >= 0.6 is 24.8 Å². The number of fused-ring (bicyclic) bond motifs is 1. The first kappa shape index (κ1) is 20.1. The largest absolute Gasteiger partial charge is 0.508 e. The second-order valence-electron chi connectivity index (χ2n) is 7.08. The molecule has 0 amide bonds. The van der Waals surface area contributed by atoms with E-state index >= 15 is 0 Å². The maximum atomic E-state index is 9.65. The quantitative estimate of drug-likeness (QED) is 0.872. The number of phenols is 1. The molecule has 0 spiro atoms. The van der Waals surface area contributed by atoms with E-state index in [2.05, 4.69) is 53.2 Å². The third-order valence-corrected chi connectivity index (χ3v) is 5.43. The lowest BCUT2D eigenvalue weighted by molar-refractivity contribution is 0.224. The molecule has 2 fully saturated rings. The summed E-state index contributed by atoms with van der Waals surface area (Å²) in [6, 6.07) is 19.1. The predicted molar refractivity (Wildman–Crippen MR) is 107 cm³/mol. The minimum Gasteiger partial charge on any atom is -0.508 e. The topological polar surface area (TPSA) is 26.7 Å². The number of likely N-dealkylation sites (tertiary alicyclic amines) is 2. The molecule has 2 aromatic carbocycles. The Morgan fingerprint density at radius 2 is 1.72 bits per heavy atom. The number of nitrogens with zero attached hydrogens (tertiary/aromatic N) is 2. The van der Waals surface area contributed by atoms with Crippen molar-refractivity contribution in [1.82, 2.24) is 9.80 Å². The molecule has 2 aliphatic heterocycles. The predicted octanol–water partition coefficient (Wildman–Crippen LogP) is 3.97. The van der Waals surface area contributed by atoms with Crippen LogP contribution in [0.1, 0.15) is 17.2 Å². The molecule has 0 unspecified atom stereocenters. The highest BCUT2D eigenvalue weighted by atomic mass is 35.5. The molecule has 2 heterocycles. The van der Waals surface area contributed by atoms with E-state index in [1.54, 1.807) is 6.07 Å². The molecular formula is C20H26Cl2N2O. The maximum Gasteiger partial charge on any atom is 0.115 e. The summed E-state index contributed by atoms with van der Waals surface area (Å²) in [4.78, 5) is 5.07. The molecule has 4 rings (SSSR count). The second kappa shape index (κ2) is 8.41. The zero-order valence-corrected chi connectivity index (χ0v) is 16.0. The van der Waals surface area contributed by atoms with Crippen LogP contribution < -0.4 is 0 Å². The number of benzene rings is 2. The van der Waals surface area contributed by atoms with E-state index < -0.39 is 0 Å². The molecule has 25 heavy (non-hydrogen) atoms. The van der Waals surface area contributed by atoms with Gasteiger partial charge in [-0.3, -0.25) is 9.80 Å². The highest BCUT2D eigenvalue weighted by molar-refractivity contribution is 5.85. The monoisotopic (exact) mass is 380 g/mol. The van der Waals surface area contributed by atoms with Crippen LogP contribution in [0.4, 0.5) is 0 Å². The average molecular weight is 381 g/mol. The van der Waals surface area contributed by atoms with Crippen molar-refractivity contribution in [2.45, 2.75) is 12.6 Å². The van der Waals surface area contributed by atoms with E-state index in [0.717, 1.165) is 25.6 Å². The van der Waals surface area contributed by atoms with Gasteiger partial charge < -0.3 is 5.11 Å². The van der Waals surface area contributed by atoms with Gasteiger partial charge in [-0.25, -0.2) is 0 Å². The fourth-order valence-electron chi connectivity index (χ4n) is 4.54. The molecule has 0 radical (unpaired) electrons. The van der Waals surface area contributed by atoms with Crippen LogP contribution in [0.3, 0.4) is 0 Å². The van der Waals surface area contributed by atoms with Crippen molar-refractivity contribution in [2.75, 3.05) is 26.7 Å². The minimum atomic E-state index is 0. The molecule has 3 atom stereocenters. The molecule has 0 aliphatic carbocycles. The smallest absolute Gasteiger partial charge is 0.115 e. The van der Waals surface area contributed by atoms with Crippen molar-refractivity contribution in [2.24, 2.45) is 11.8 Å². The Kier molecular flexibility index (Phi) is 6.75. The average Bonchev–Trinajstić information content (AvgIpc) is 3.03. The number of hydrogen-bond donors (Lipinski definition) is 1. The number of rotatable bonds is 3. The SMILES string of the molecule is CN1C[C@H]2CN(Cc3cccc(O)c3)C[C@H]2[C@@H]1c1ccccc1.Cl.Cl. The van der Waals surface area contributed by atoms with Gasteiger partial charge in [-0.05, 0) is 42.1 Å². The summed E-state index contributed by atoms with van der Waals surface area (Å²) < 4.78 is 0. The first-order valence-corrected chi connectivity index (χ1v) is 8.46. The molecule has 0 saturated carbocycles. The summed E-state index contributed by atoms with van der Waals surface area (Å²) in [5, 5.41) is 9.65. The Labute approximate surface area is 162 Å². The molecule has 3 nitrogen and oxygen atoms in total. The Balaban J connectivity index is 0.00000113. The Hall–Kier alpha value is -1.26. The summed E-state index contributed by atoms with van der Waals surface area (Å²) in [6.07, 6.45) is 0. The number of hydrogen-bond acceptors (Lipinski definition) is 3. The summed E-state index contributed by atoms with van der Waals surface area (Å²) in [6.45, 7) is 4.42. The van der Waals surface area contributed by atoms with Gasteiger partial charge in [-0.1, -0.05) is 42.5 Å². The summed E-state index contributed by atoms with van der Waals surface area (Å²) in [5.41, 5.74) is 2.65. The lowest BCUT2D eigenvalue weighted by atomic mass is 9.90. The normalized spacial score (nSPS) is 25.9. The van der Waals surface area contributed by atoms with Crippen LogP contribution in [0.25, 0.3) is 0 Å². The van der Waals surface area contributed by atoms with Crippen LogP contribution in [0.15, 0.2) is 54.6 Å². The van der Waals surface area contributed by atoms with Crippen LogP contribution in [0, 0.1) is 11.8 Å². The van der Waals surface area contributed by atoms with Crippen LogP contribution in [-0.2, 0) is 6.54 Å². The minimum absolute atomic E-state index is 0. The standard InChI is InChI=1S/C20H24N2O.2ClH/c1-21-12-17-13-22(11-15-6-5-9-18(23)10-15)14-19(17)20(21)16-7-3-2-4-8-16;;/h2-10,17,19-20,23H,11-14H2,1H3;2*1H/t17-,19+,20-;;/m0../s1. The van der Waals surface area contributed by atoms with Gasteiger partial charge in [0.15, 0.2) is 0 Å². The molecule has 5 heteroatoms. The highest BCUT2D eigenvalue weighted by Crippen LogP contribution is 2.44. The molecule has 2 aliphatic rings. The van der Waals surface area contributed by atoms with Gasteiger partial charge in [0.05, 0.1) is 0 Å². The van der Waals surface area contributed by atoms with E-state index in [9.17, 15) is 5.11 Å². The zero-order valence-electron chi connectivity index (χ0n) is 14.4. The lowest BCUT2D eigenvalue weighted by Gasteiger charge is -2.26. The van der Waals surface area contributed by atoms with Gasteiger partial charge in [-0.15, -0.1) is 24.8 Å². The van der Waals surface area contributed by atoms with Crippen molar-refractivity contribution >= 4 is 24.8 Å². The first-order chi connectivity index (χ1) is 11.2. The van der Waals surface area contributed by atoms with Gasteiger partial charge in [-0.2, -0.15) is 0 Å². The fourth-order valence-corrected chi connectivity index (χ4v) is 4.54. The van der Waals surface area contributed by atoms with E-state index in [1.165, 1.54) is 17.7 Å². The fraction of sp³-hybridized carbons (Fsp3) is 0.400. The molecule has 1 N–H and O–H groups in total. The van der Waals surface area contributed by atoms with E-state index in [-0.39, 0.29) is 24.8 Å². The Morgan fingerprint density at radius 3 is 2.44 bits per heavy atom. The van der Waals surface area contributed by atoms with Crippen molar-refractivity contribution < 1.29 is 5.11 Å². The van der Waals surface area contributed by atoms with Crippen molar-refractivity contribution in [3.05, 3.63) is 65.7 Å². The molecule has 136 valence electrons. The second-order valence-corrected chi connectivity index (χ2v) is 7.08. The van der Waals surface area contributed by atoms with Crippen molar-refractivity contribution in [1.29, 1.82) is 0 Å².